The molecule has 25 heavy (non-hydrogen) atoms. The minimum atomic E-state index is 0.0363. The molecule has 0 aromatic heterocycles. The van der Waals surface area contributed by atoms with Crippen molar-refractivity contribution in [3.05, 3.63) is 29.8 Å². The van der Waals surface area contributed by atoms with Crippen LogP contribution in [0.5, 0.6) is 5.75 Å². The van der Waals surface area contributed by atoms with Gasteiger partial charge in [0.15, 0.2) is 0 Å². The van der Waals surface area contributed by atoms with Crippen LogP contribution in [-0.2, 0) is 0 Å². The van der Waals surface area contributed by atoms with Crippen molar-refractivity contribution in [3.63, 3.8) is 0 Å². The molecule has 1 aromatic carbocycles. The maximum Gasteiger partial charge on any atom is 0.251 e. The highest BCUT2D eigenvalue weighted by molar-refractivity contribution is 5.94. The summed E-state index contributed by atoms with van der Waals surface area (Å²) < 4.78 is 6.05. The summed E-state index contributed by atoms with van der Waals surface area (Å²) in [6.07, 6.45) is 10.8. The molecular formula is C21H30N2O2. The van der Waals surface area contributed by atoms with Crippen LogP contribution in [0.25, 0.3) is 0 Å². The number of carbonyl (C=O) groups excluding carboxylic acids is 1. The van der Waals surface area contributed by atoms with Crippen molar-refractivity contribution in [2.24, 2.45) is 17.6 Å². The van der Waals surface area contributed by atoms with Crippen molar-refractivity contribution < 1.29 is 9.53 Å². The maximum absolute atomic E-state index is 12.8. The highest BCUT2D eigenvalue weighted by atomic mass is 16.5. The van der Waals surface area contributed by atoms with Crippen molar-refractivity contribution in [2.45, 2.75) is 76.0 Å². The Hall–Kier alpha value is -1.55. The minimum absolute atomic E-state index is 0.0363. The molecule has 1 aromatic rings. The van der Waals surface area contributed by atoms with Crippen LogP contribution in [0.3, 0.4) is 0 Å². The van der Waals surface area contributed by atoms with Gasteiger partial charge < -0.3 is 15.8 Å². The second-order valence-electron chi connectivity index (χ2n) is 8.23. The lowest BCUT2D eigenvalue weighted by Crippen LogP contribution is -2.53. The molecule has 1 amide bonds. The van der Waals surface area contributed by atoms with Crippen molar-refractivity contribution in [1.82, 2.24) is 5.32 Å². The molecule has 0 aliphatic heterocycles. The Bertz CT molecular complexity index is 598. The molecule has 136 valence electrons. The summed E-state index contributed by atoms with van der Waals surface area (Å²) in [7, 11) is 0. The molecule has 4 rings (SSSR count). The second kappa shape index (κ2) is 7.36. The fourth-order valence-electron chi connectivity index (χ4n) is 5.17. The third kappa shape index (κ3) is 3.84. The Balaban J connectivity index is 1.42. The Morgan fingerprint density at radius 3 is 2.48 bits per heavy atom. The number of hydrogen-bond acceptors (Lipinski definition) is 3. The number of amides is 1. The van der Waals surface area contributed by atoms with E-state index in [-0.39, 0.29) is 5.91 Å². The van der Waals surface area contributed by atoms with Gasteiger partial charge in [-0.1, -0.05) is 12.5 Å². The zero-order valence-corrected chi connectivity index (χ0v) is 15.0. The molecule has 2 unspecified atom stereocenters. The van der Waals surface area contributed by atoms with Gasteiger partial charge >= 0.3 is 0 Å². The Morgan fingerprint density at radius 2 is 1.76 bits per heavy atom. The molecule has 4 nitrogen and oxygen atoms in total. The van der Waals surface area contributed by atoms with Crippen LogP contribution >= 0.6 is 0 Å². The van der Waals surface area contributed by atoms with Gasteiger partial charge in [0.1, 0.15) is 5.75 Å². The van der Waals surface area contributed by atoms with Gasteiger partial charge in [0, 0.05) is 17.6 Å². The summed E-state index contributed by atoms with van der Waals surface area (Å²) >= 11 is 0. The van der Waals surface area contributed by atoms with Crippen molar-refractivity contribution in [3.8, 4) is 5.75 Å². The third-order valence-electron chi connectivity index (χ3n) is 6.38. The summed E-state index contributed by atoms with van der Waals surface area (Å²) in [5, 5.41) is 3.33. The van der Waals surface area contributed by atoms with E-state index in [0.717, 1.165) is 31.4 Å². The van der Waals surface area contributed by atoms with E-state index >= 15 is 0 Å². The summed E-state index contributed by atoms with van der Waals surface area (Å²) in [5.74, 6) is 1.95. The van der Waals surface area contributed by atoms with Gasteiger partial charge in [-0.25, -0.2) is 0 Å². The zero-order chi connectivity index (χ0) is 17.2. The number of nitrogens with one attached hydrogen (secondary N) is 1. The van der Waals surface area contributed by atoms with E-state index in [1.54, 1.807) is 0 Å². The molecule has 0 heterocycles. The van der Waals surface area contributed by atoms with Gasteiger partial charge in [0.2, 0.25) is 0 Å². The molecule has 2 atom stereocenters. The molecule has 0 spiro atoms. The molecule has 0 radical (unpaired) electrons. The maximum atomic E-state index is 12.8. The van der Waals surface area contributed by atoms with Gasteiger partial charge in [-0.2, -0.15) is 0 Å². The van der Waals surface area contributed by atoms with Gasteiger partial charge in [-0.05, 0) is 81.4 Å². The van der Waals surface area contributed by atoms with E-state index in [0.29, 0.717) is 35.6 Å². The summed E-state index contributed by atoms with van der Waals surface area (Å²) in [5.41, 5.74) is 6.91. The van der Waals surface area contributed by atoms with Crippen LogP contribution in [0.1, 0.15) is 68.1 Å². The second-order valence-corrected chi connectivity index (χ2v) is 8.23. The Morgan fingerprint density at radius 1 is 1.04 bits per heavy atom. The zero-order valence-electron chi connectivity index (χ0n) is 15.0. The molecule has 3 aliphatic rings. The number of hydrogen-bond donors (Lipinski definition) is 2. The number of ether oxygens (including phenoxy) is 1. The first kappa shape index (κ1) is 16.9. The predicted molar refractivity (Wildman–Crippen MR) is 98.6 cm³/mol. The van der Waals surface area contributed by atoms with E-state index < -0.39 is 0 Å². The quantitative estimate of drug-likeness (QED) is 0.878. The van der Waals surface area contributed by atoms with Gasteiger partial charge in [0.05, 0.1) is 6.10 Å². The normalized spacial score (nSPS) is 32.4. The Labute approximate surface area is 150 Å². The number of benzene rings is 1. The lowest BCUT2D eigenvalue weighted by atomic mass is 9.67. The first-order valence-electron chi connectivity index (χ1n) is 10.0. The molecule has 4 heteroatoms. The molecule has 3 N–H and O–H groups in total. The predicted octanol–water partition coefficient (Wildman–Crippen LogP) is 3.64. The number of rotatable bonds is 4. The standard InChI is InChI=1S/C21H30N2O2/c22-17-11-14-5-3-6-15(12-17)20(14)23-21(24)16-7-4-10-19(13-16)25-18-8-1-2-9-18/h4,7,10,13-15,17-18,20H,1-3,5-6,8-9,11-12,22H2,(H,23,24). The lowest BCUT2D eigenvalue weighted by molar-refractivity contribution is 0.0755. The number of nitrogens with two attached hydrogens (primary N) is 1. The SMILES string of the molecule is NC1CC2CCCC(C1)C2NC(=O)c1cccc(OC2CCCC2)c1. The van der Waals surface area contributed by atoms with E-state index in [4.69, 9.17) is 10.5 Å². The fourth-order valence-corrected chi connectivity index (χ4v) is 5.17. The highest BCUT2D eigenvalue weighted by Gasteiger charge is 2.40. The molecular weight excluding hydrogens is 312 g/mol. The number of carbonyl (C=O) groups is 1. The van der Waals surface area contributed by atoms with Crippen molar-refractivity contribution in [2.75, 3.05) is 0 Å². The largest absolute Gasteiger partial charge is 0.490 e. The molecule has 3 aliphatic carbocycles. The van der Waals surface area contributed by atoms with Crippen LogP contribution in [0.15, 0.2) is 24.3 Å². The van der Waals surface area contributed by atoms with Crippen molar-refractivity contribution in [1.29, 1.82) is 0 Å². The van der Waals surface area contributed by atoms with E-state index in [1.807, 2.05) is 24.3 Å². The average Bonchev–Trinajstić information content (AvgIpc) is 3.09. The van der Waals surface area contributed by atoms with E-state index in [2.05, 4.69) is 5.32 Å². The van der Waals surface area contributed by atoms with Crippen LogP contribution in [0, 0.1) is 11.8 Å². The smallest absolute Gasteiger partial charge is 0.251 e. The van der Waals surface area contributed by atoms with E-state index in [1.165, 1.54) is 32.1 Å². The molecule has 3 fully saturated rings. The third-order valence-corrected chi connectivity index (χ3v) is 6.38. The average molecular weight is 342 g/mol. The molecule has 0 saturated heterocycles. The summed E-state index contributed by atoms with van der Waals surface area (Å²) in [4.78, 5) is 12.8. The summed E-state index contributed by atoms with van der Waals surface area (Å²) in [6, 6.07) is 8.28. The summed E-state index contributed by atoms with van der Waals surface area (Å²) in [6.45, 7) is 0. The topological polar surface area (TPSA) is 64.3 Å². The van der Waals surface area contributed by atoms with Gasteiger partial charge in [0.25, 0.3) is 5.91 Å². The van der Waals surface area contributed by atoms with Crippen LogP contribution in [0.2, 0.25) is 0 Å². The van der Waals surface area contributed by atoms with Crippen LogP contribution in [-0.4, -0.2) is 24.1 Å². The first-order valence-corrected chi connectivity index (χ1v) is 10.0. The number of fused-ring (bicyclic) bond motifs is 2. The lowest BCUT2D eigenvalue weighted by Gasteiger charge is -2.45. The highest BCUT2D eigenvalue weighted by Crippen LogP contribution is 2.39. The fraction of sp³-hybridized carbons (Fsp3) is 0.667. The molecule has 3 saturated carbocycles. The van der Waals surface area contributed by atoms with E-state index in [9.17, 15) is 4.79 Å². The van der Waals surface area contributed by atoms with Crippen LogP contribution < -0.4 is 15.8 Å². The monoisotopic (exact) mass is 342 g/mol. The van der Waals surface area contributed by atoms with Gasteiger partial charge in [-0.3, -0.25) is 4.79 Å². The Kier molecular flexibility index (Phi) is 4.98. The minimum Gasteiger partial charge on any atom is -0.490 e. The van der Waals surface area contributed by atoms with Gasteiger partial charge in [-0.15, -0.1) is 0 Å². The molecule has 2 bridgehead atoms. The van der Waals surface area contributed by atoms with Crippen LogP contribution in [0.4, 0.5) is 0 Å². The first-order chi connectivity index (χ1) is 12.2. The van der Waals surface area contributed by atoms with Crippen molar-refractivity contribution >= 4 is 5.91 Å².